The van der Waals surface area contributed by atoms with E-state index in [1.165, 1.54) is 6.07 Å². The topological polar surface area (TPSA) is 98.3 Å². The quantitative estimate of drug-likeness (QED) is 0.630. The summed E-state index contributed by atoms with van der Waals surface area (Å²) in [6.45, 7) is 0. The molecule has 1 aromatic carbocycles. The predicted octanol–water partition coefficient (Wildman–Crippen LogP) is 1.55. The first kappa shape index (κ1) is 12.4. The third-order valence-corrected chi connectivity index (χ3v) is 3.12. The van der Waals surface area contributed by atoms with Gasteiger partial charge in [-0.2, -0.15) is 0 Å². The summed E-state index contributed by atoms with van der Waals surface area (Å²) in [6.07, 6.45) is 1.82. The number of nitrogens with two attached hydrogens (primary N) is 1. The van der Waals surface area contributed by atoms with Crippen LogP contribution in [0, 0.1) is 15.9 Å². The van der Waals surface area contributed by atoms with Gasteiger partial charge in [0.25, 0.3) is 5.69 Å². The van der Waals surface area contributed by atoms with E-state index in [9.17, 15) is 19.3 Å². The highest BCUT2D eigenvalue weighted by atomic mass is 19.1. The van der Waals surface area contributed by atoms with Gasteiger partial charge in [0, 0.05) is 6.07 Å². The highest BCUT2D eigenvalue weighted by Gasteiger charge is 2.41. The van der Waals surface area contributed by atoms with E-state index in [1.807, 2.05) is 0 Å². The number of hydrogen-bond acceptors (Lipinski definition) is 4. The Balaban J connectivity index is 2.28. The highest BCUT2D eigenvalue weighted by molar-refractivity contribution is 6.00. The second kappa shape index (κ2) is 4.34. The zero-order valence-electron chi connectivity index (χ0n) is 9.48. The van der Waals surface area contributed by atoms with Crippen molar-refractivity contribution in [3.8, 4) is 0 Å². The van der Waals surface area contributed by atoms with Crippen LogP contribution in [0.2, 0.25) is 0 Å². The summed E-state index contributed by atoms with van der Waals surface area (Å²) in [7, 11) is 0. The summed E-state index contributed by atoms with van der Waals surface area (Å²) in [6, 6.07) is 3.39. The van der Waals surface area contributed by atoms with E-state index < -0.39 is 33.6 Å². The molecule has 0 unspecified atom stereocenters. The fraction of sp³-hybridized carbons (Fsp3) is 0.364. The van der Waals surface area contributed by atoms with Crippen molar-refractivity contribution in [3.05, 3.63) is 34.1 Å². The Hall–Kier alpha value is -2.02. The van der Waals surface area contributed by atoms with Crippen LogP contribution in [-0.4, -0.2) is 16.4 Å². The van der Waals surface area contributed by atoms with Gasteiger partial charge in [-0.1, -0.05) is 6.07 Å². The Bertz CT molecular complexity index is 514. The molecule has 0 aromatic heterocycles. The number of halogens is 1. The molecule has 1 aromatic rings. The minimum atomic E-state index is -1.03. The first-order valence-corrected chi connectivity index (χ1v) is 5.47. The molecule has 96 valence electrons. The van der Waals surface area contributed by atoms with Gasteiger partial charge in [-0.25, -0.2) is 4.39 Å². The number of benzene rings is 1. The lowest BCUT2D eigenvalue weighted by atomic mass is 9.77. The average Bonchev–Trinajstić information content (AvgIpc) is 2.28. The van der Waals surface area contributed by atoms with Crippen LogP contribution in [0.1, 0.15) is 19.3 Å². The molecule has 1 aliphatic carbocycles. The lowest BCUT2D eigenvalue weighted by Crippen LogP contribution is -2.56. The SMILES string of the molecule is NC1(C(=O)Nc2c(F)cccc2[N+](=O)[O-])CCC1. The summed E-state index contributed by atoms with van der Waals surface area (Å²) >= 11 is 0. The molecule has 0 aliphatic heterocycles. The van der Waals surface area contributed by atoms with Crippen LogP contribution >= 0.6 is 0 Å². The number of carbonyl (C=O) groups excluding carboxylic acids is 1. The van der Waals surface area contributed by atoms with Gasteiger partial charge in [-0.15, -0.1) is 0 Å². The number of rotatable bonds is 3. The smallest absolute Gasteiger partial charge is 0.295 e. The summed E-state index contributed by atoms with van der Waals surface area (Å²) in [4.78, 5) is 21.8. The summed E-state index contributed by atoms with van der Waals surface area (Å²) in [5, 5.41) is 13.0. The molecule has 7 heteroatoms. The molecule has 2 rings (SSSR count). The monoisotopic (exact) mass is 253 g/mol. The summed E-state index contributed by atoms with van der Waals surface area (Å²) in [5.74, 6) is -1.43. The first-order chi connectivity index (χ1) is 8.44. The molecule has 18 heavy (non-hydrogen) atoms. The van der Waals surface area contributed by atoms with Gasteiger partial charge in [0.1, 0.15) is 0 Å². The van der Waals surface area contributed by atoms with E-state index in [1.54, 1.807) is 0 Å². The number of nitro groups is 1. The van der Waals surface area contributed by atoms with Gasteiger partial charge in [0.2, 0.25) is 5.91 Å². The highest BCUT2D eigenvalue weighted by Crippen LogP contribution is 2.33. The Morgan fingerprint density at radius 1 is 1.50 bits per heavy atom. The minimum Gasteiger partial charge on any atom is -0.317 e. The number of amides is 1. The molecule has 1 amide bonds. The maximum Gasteiger partial charge on any atom is 0.295 e. The van der Waals surface area contributed by atoms with Crippen molar-refractivity contribution in [1.29, 1.82) is 0 Å². The maximum absolute atomic E-state index is 13.5. The predicted molar refractivity (Wildman–Crippen MR) is 62.5 cm³/mol. The Labute approximate surface area is 102 Å². The van der Waals surface area contributed by atoms with Crippen LogP contribution < -0.4 is 11.1 Å². The zero-order chi connectivity index (χ0) is 13.3. The number of para-hydroxylation sites is 1. The molecule has 0 saturated heterocycles. The van der Waals surface area contributed by atoms with Gasteiger partial charge in [0.15, 0.2) is 11.5 Å². The number of anilines is 1. The number of hydrogen-bond donors (Lipinski definition) is 2. The van der Waals surface area contributed by atoms with E-state index in [0.717, 1.165) is 18.6 Å². The van der Waals surface area contributed by atoms with E-state index in [4.69, 9.17) is 5.73 Å². The van der Waals surface area contributed by atoms with Gasteiger partial charge in [0.05, 0.1) is 10.5 Å². The second-order valence-electron chi connectivity index (χ2n) is 4.35. The molecule has 0 spiro atoms. The third-order valence-electron chi connectivity index (χ3n) is 3.12. The number of nitrogens with one attached hydrogen (secondary N) is 1. The van der Waals surface area contributed by atoms with Crippen LogP contribution in [0.3, 0.4) is 0 Å². The van der Waals surface area contributed by atoms with E-state index in [2.05, 4.69) is 5.32 Å². The van der Waals surface area contributed by atoms with Gasteiger partial charge >= 0.3 is 0 Å². The second-order valence-corrected chi connectivity index (χ2v) is 4.35. The van der Waals surface area contributed by atoms with Crippen molar-refractivity contribution in [3.63, 3.8) is 0 Å². The van der Waals surface area contributed by atoms with E-state index in [-0.39, 0.29) is 0 Å². The molecule has 1 aliphatic rings. The third kappa shape index (κ3) is 2.04. The van der Waals surface area contributed by atoms with Crippen molar-refractivity contribution in [2.75, 3.05) is 5.32 Å². The van der Waals surface area contributed by atoms with Crippen LogP contribution in [0.4, 0.5) is 15.8 Å². The lowest BCUT2D eigenvalue weighted by Gasteiger charge is -2.36. The molecule has 0 radical (unpaired) electrons. The van der Waals surface area contributed by atoms with E-state index >= 15 is 0 Å². The van der Waals surface area contributed by atoms with Crippen molar-refractivity contribution in [1.82, 2.24) is 0 Å². The molecule has 1 saturated carbocycles. The molecule has 0 atom stereocenters. The number of nitro benzene ring substituents is 1. The summed E-state index contributed by atoms with van der Waals surface area (Å²) in [5.41, 5.74) is 3.83. The zero-order valence-corrected chi connectivity index (χ0v) is 9.48. The lowest BCUT2D eigenvalue weighted by molar-refractivity contribution is -0.384. The minimum absolute atomic E-state index is 0.427. The molecule has 0 bridgehead atoms. The van der Waals surface area contributed by atoms with E-state index in [0.29, 0.717) is 12.8 Å². The average molecular weight is 253 g/mol. The maximum atomic E-state index is 13.5. The van der Waals surface area contributed by atoms with Crippen LogP contribution in [0.25, 0.3) is 0 Å². The summed E-state index contributed by atoms with van der Waals surface area (Å²) < 4.78 is 13.5. The van der Waals surface area contributed by atoms with Gasteiger partial charge < -0.3 is 11.1 Å². The van der Waals surface area contributed by atoms with Crippen molar-refractivity contribution in [2.24, 2.45) is 5.73 Å². The molecule has 3 N–H and O–H groups in total. The largest absolute Gasteiger partial charge is 0.317 e. The fourth-order valence-electron chi connectivity index (χ4n) is 1.81. The number of carbonyl (C=O) groups is 1. The first-order valence-electron chi connectivity index (χ1n) is 5.47. The molecule has 0 heterocycles. The van der Waals surface area contributed by atoms with Crippen LogP contribution in [0.5, 0.6) is 0 Å². The van der Waals surface area contributed by atoms with Crippen molar-refractivity contribution >= 4 is 17.3 Å². The Morgan fingerprint density at radius 2 is 2.17 bits per heavy atom. The fourth-order valence-corrected chi connectivity index (χ4v) is 1.81. The Kier molecular flexibility index (Phi) is 3.00. The van der Waals surface area contributed by atoms with Gasteiger partial charge in [-0.3, -0.25) is 14.9 Å². The van der Waals surface area contributed by atoms with Gasteiger partial charge in [-0.05, 0) is 25.3 Å². The standard InChI is InChI=1S/C11H12FN3O3/c12-7-3-1-4-8(15(17)18)9(7)14-10(16)11(13)5-2-6-11/h1,3-4H,2,5-6,13H2,(H,14,16). The normalized spacial score (nSPS) is 16.8. The molecule has 1 fully saturated rings. The van der Waals surface area contributed by atoms with Crippen LogP contribution in [-0.2, 0) is 4.79 Å². The Morgan fingerprint density at radius 3 is 2.67 bits per heavy atom. The molecule has 6 nitrogen and oxygen atoms in total. The molecular formula is C11H12FN3O3. The number of nitrogens with zero attached hydrogens (tertiary/aromatic N) is 1. The van der Waals surface area contributed by atoms with Crippen molar-refractivity contribution < 1.29 is 14.1 Å². The van der Waals surface area contributed by atoms with Crippen LogP contribution in [0.15, 0.2) is 18.2 Å². The van der Waals surface area contributed by atoms with Crippen molar-refractivity contribution in [2.45, 2.75) is 24.8 Å². The molecular weight excluding hydrogens is 241 g/mol.